The van der Waals surface area contributed by atoms with Crippen molar-refractivity contribution >= 4 is 5.84 Å². The summed E-state index contributed by atoms with van der Waals surface area (Å²) in [6.45, 7) is 4.38. The lowest BCUT2D eigenvalue weighted by atomic mass is 10.1. The maximum atomic E-state index is 8.80. The second-order valence-electron chi connectivity index (χ2n) is 3.79. The van der Waals surface area contributed by atoms with Crippen LogP contribution in [0.1, 0.15) is 32.6 Å². The molecule has 0 spiro atoms. The highest BCUT2D eigenvalue weighted by molar-refractivity contribution is 5.83. The molecule has 2 N–H and O–H groups in total. The van der Waals surface area contributed by atoms with Crippen molar-refractivity contribution in [1.82, 2.24) is 5.32 Å². The lowest BCUT2D eigenvalue weighted by Crippen LogP contribution is -2.22. The highest BCUT2D eigenvalue weighted by atomic mass is 16.3. The standard InChI is InChI=1S/C10H20N2O/c1-9(8-13)4-2-6-11-10-5-3-7-12-10/h9,13H,2-8H2,1H3,(H,11,12). The first kappa shape index (κ1) is 10.5. The molecule has 3 nitrogen and oxygen atoms in total. The molecule has 0 bridgehead atoms. The number of nitrogens with zero attached hydrogens (tertiary/aromatic N) is 1. The van der Waals surface area contributed by atoms with Crippen molar-refractivity contribution in [1.29, 1.82) is 0 Å². The van der Waals surface area contributed by atoms with E-state index in [9.17, 15) is 0 Å². The summed E-state index contributed by atoms with van der Waals surface area (Å²) in [6, 6.07) is 0. The monoisotopic (exact) mass is 184 g/mol. The van der Waals surface area contributed by atoms with Crippen molar-refractivity contribution in [3.05, 3.63) is 0 Å². The molecule has 1 rings (SSSR count). The van der Waals surface area contributed by atoms with E-state index in [1.807, 2.05) is 0 Å². The van der Waals surface area contributed by atoms with E-state index < -0.39 is 0 Å². The molecule has 1 atom stereocenters. The van der Waals surface area contributed by atoms with Gasteiger partial charge in [0.25, 0.3) is 0 Å². The van der Waals surface area contributed by atoms with Crippen LogP contribution in [-0.2, 0) is 0 Å². The Hall–Kier alpha value is -0.570. The number of nitrogens with one attached hydrogen (secondary N) is 1. The van der Waals surface area contributed by atoms with Crippen molar-refractivity contribution in [3.63, 3.8) is 0 Å². The number of rotatable bonds is 5. The fraction of sp³-hybridized carbons (Fsp3) is 0.900. The van der Waals surface area contributed by atoms with Gasteiger partial charge in [0.05, 0.1) is 5.84 Å². The summed E-state index contributed by atoms with van der Waals surface area (Å²) in [6.07, 6.45) is 4.54. The summed E-state index contributed by atoms with van der Waals surface area (Å²) < 4.78 is 0. The lowest BCUT2D eigenvalue weighted by molar-refractivity contribution is 0.228. The number of aliphatic hydroxyl groups is 1. The van der Waals surface area contributed by atoms with Gasteiger partial charge in [0.15, 0.2) is 0 Å². The van der Waals surface area contributed by atoms with Crippen molar-refractivity contribution in [2.24, 2.45) is 10.9 Å². The van der Waals surface area contributed by atoms with Crippen LogP contribution in [0.25, 0.3) is 0 Å². The maximum absolute atomic E-state index is 8.80. The van der Waals surface area contributed by atoms with Crippen LogP contribution in [0.3, 0.4) is 0 Å². The van der Waals surface area contributed by atoms with E-state index in [0.29, 0.717) is 12.5 Å². The Balaban J connectivity index is 1.94. The minimum atomic E-state index is 0.306. The van der Waals surface area contributed by atoms with E-state index in [1.165, 1.54) is 12.3 Å². The molecule has 0 fully saturated rings. The van der Waals surface area contributed by atoms with Gasteiger partial charge in [0.1, 0.15) is 0 Å². The van der Waals surface area contributed by atoms with Crippen LogP contribution in [0.5, 0.6) is 0 Å². The molecule has 13 heavy (non-hydrogen) atoms. The highest BCUT2D eigenvalue weighted by Crippen LogP contribution is 2.04. The van der Waals surface area contributed by atoms with Crippen molar-refractivity contribution in [3.8, 4) is 0 Å². The Morgan fingerprint density at radius 2 is 2.46 bits per heavy atom. The summed E-state index contributed by atoms with van der Waals surface area (Å²) >= 11 is 0. The normalized spacial score (nSPS) is 18.5. The van der Waals surface area contributed by atoms with Crippen molar-refractivity contribution in [2.75, 3.05) is 19.7 Å². The van der Waals surface area contributed by atoms with Gasteiger partial charge in [-0.15, -0.1) is 0 Å². The van der Waals surface area contributed by atoms with E-state index in [1.54, 1.807) is 0 Å². The van der Waals surface area contributed by atoms with Crippen LogP contribution in [0, 0.1) is 5.92 Å². The first-order chi connectivity index (χ1) is 6.33. The third-order valence-electron chi connectivity index (χ3n) is 2.39. The first-order valence-electron chi connectivity index (χ1n) is 5.21. The molecule has 1 unspecified atom stereocenters. The molecule has 0 aromatic carbocycles. The van der Waals surface area contributed by atoms with E-state index in [2.05, 4.69) is 17.2 Å². The predicted molar refractivity (Wildman–Crippen MR) is 55.0 cm³/mol. The Labute approximate surface area is 80.3 Å². The number of amidine groups is 1. The quantitative estimate of drug-likeness (QED) is 0.630. The smallest absolute Gasteiger partial charge is 0.0963 e. The molecular weight excluding hydrogens is 164 g/mol. The van der Waals surface area contributed by atoms with Crippen LogP contribution in [0.2, 0.25) is 0 Å². The van der Waals surface area contributed by atoms with Gasteiger partial charge >= 0.3 is 0 Å². The molecule has 76 valence electrons. The molecule has 1 aliphatic heterocycles. The van der Waals surface area contributed by atoms with Gasteiger partial charge in [-0.3, -0.25) is 4.99 Å². The summed E-state index contributed by atoms with van der Waals surface area (Å²) in [4.78, 5) is 4.33. The summed E-state index contributed by atoms with van der Waals surface area (Å²) in [7, 11) is 0. The molecule has 0 saturated heterocycles. The minimum absolute atomic E-state index is 0.306. The van der Waals surface area contributed by atoms with Gasteiger partial charge in [-0.05, 0) is 25.2 Å². The van der Waals surface area contributed by atoms with Crippen LogP contribution in [0.4, 0.5) is 0 Å². The van der Waals surface area contributed by atoms with Gasteiger partial charge in [0.2, 0.25) is 0 Å². The molecule has 0 aliphatic carbocycles. The lowest BCUT2D eigenvalue weighted by Gasteiger charge is -2.08. The molecule has 0 radical (unpaired) electrons. The fourth-order valence-corrected chi connectivity index (χ4v) is 1.46. The van der Waals surface area contributed by atoms with Crippen LogP contribution >= 0.6 is 0 Å². The molecule has 0 aromatic rings. The van der Waals surface area contributed by atoms with Gasteiger partial charge in [-0.2, -0.15) is 0 Å². The van der Waals surface area contributed by atoms with Crippen LogP contribution in [-0.4, -0.2) is 30.6 Å². The molecule has 0 amide bonds. The second kappa shape index (κ2) is 5.97. The fourth-order valence-electron chi connectivity index (χ4n) is 1.46. The average molecular weight is 184 g/mol. The van der Waals surface area contributed by atoms with Gasteiger partial charge in [-0.25, -0.2) is 0 Å². The zero-order chi connectivity index (χ0) is 9.52. The molecule has 1 aliphatic rings. The molecular formula is C10H20N2O. The number of aliphatic hydroxyl groups excluding tert-OH is 1. The van der Waals surface area contributed by atoms with Gasteiger partial charge in [0, 0.05) is 26.1 Å². The topological polar surface area (TPSA) is 44.6 Å². The number of hydrogen-bond acceptors (Lipinski definition) is 3. The van der Waals surface area contributed by atoms with Gasteiger partial charge < -0.3 is 10.4 Å². The largest absolute Gasteiger partial charge is 0.396 e. The molecule has 3 heteroatoms. The van der Waals surface area contributed by atoms with Crippen LogP contribution in [0.15, 0.2) is 4.99 Å². The minimum Gasteiger partial charge on any atom is -0.396 e. The van der Waals surface area contributed by atoms with Crippen LogP contribution < -0.4 is 5.32 Å². The summed E-state index contributed by atoms with van der Waals surface area (Å²) in [5.41, 5.74) is 0. The van der Waals surface area contributed by atoms with Crippen molar-refractivity contribution in [2.45, 2.75) is 32.6 Å². The third kappa shape index (κ3) is 4.27. The zero-order valence-electron chi connectivity index (χ0n) is 8.42. The Morgan fingerprint density at radius 3 is 3.08 bits per heavy atom. The van der Waals surface area contributed by atoms with Gasteiger partial charge in [-0.1, -0.05) is 6.92 Å². The number of aliphatic imine (C=N–C) groups is 1. The Kier molecular flexibility index (Phi) is 4.83. The van der Waals surface area contributed by atoms with E-state index >= 15 is 0 Å². The highest BCUT2D eigenvalue weighted by Gasteiger charge is 2.04. The average Bonchev–Trinajstić information content (AvgIpc) is 2.64. The second-order valence-corrected chi connectivity index (χ2v) is 3.79. The molecule has 0 saturated carbocycles. The summed E-state index contributed by atoms with van der Waals surface area (Å²) in [5.74, 6) is 1.61. The third-order valence-corrected chi connectivity index (χ3v) is 2.39. The number of hydrogen-bond donors (Lipinski definition) is 2. The van der Waals surface area contributed by atoms with Crippen molar-refractivity contribution < 1.29 is 5.11 Å². The Morgan fingerprint density at radius 1 is 1.62 bits per heavy atom. The SMILES string of the molecule is CC(CO)CCCNC1=NCCC1. The maximum Gasteiger partial charge on any atom is 0.0963 e. The Bertz CT molecular complexity index is 168. The van der Waals surface area contributed by atoms with E-state index in [0.717, 1.165) is 32.4 Å². The molecule has 0 aromatic heterocycles. The van der Waals surface area contributed by atoms with E-state index in [-0.39, 0.29) is 0 Å². The predicted octanol–water partition coefficient (Wildman–Crippen LogP) is 1.18. The summed E-state index contributed by atoms with van der Waals surface area (Å²) in [5, 5.41) is 12.1. The molecule has 1 heterocycles. The van der Waals surface area contributed by atoms with E-state index in [4.69, 9.17) is 5.11 Å². The first-order valence-corrected chi connectivity index (χ1v) is 5.21. The zero-order valence-corrected chi connectivity index (χ0v) is 8.42.